The van der Waals surface area contributed by atoms with Crippen molar-refractivity contribution in [1.29, 1.82) is 0 Å². The Morgan fingerprint density at radius 3 is 3.00 bits per heavy atom. The fourth-order valence-electron chi connectivity index (χ4n) is 1.93. The van der Waals surface area contributed by atoms with Crippen molar-refractivity contribution in [2.45, 2.75) is 18.9 Å². The number of aromatic nitrogens is 2. The molecule has 0 amide bonds. The average molecular weight is 303 g/mol. The van der Waals surface area contributed by atoms with Crippen molar-refractivity contribution in [3.8, 4) is 0 Å². The minimum absolute atomic E-state index is 0.00460. The lowest BCUT2D eigenvalue weighted by Gasteiger charge is -2.14. The number of rotatable bonds is 7. The lowest BCUT2D eigenvalue weighted by atomic mass is 10.2. The molecule has 20 heavy (non-hydrogen) atoms. The van der Waals surface area contributed by atoms with E-state index in [9.17, 15) is 0 Å². The maximum atomic E-state index is 8.60. The summed E-state index contributed by atoms with van der Waals surface area (Å²) in [5.41, 5.74) is 6.17. The van der Waals surface area contributed by atoms with E-state index in [1.54, 1.807) is 0 Å². The van der Waals surface area contributed by atoms with Crippen LogP contribution in [0.15, 0.2) is 0 Å². The Balaban J connectivity index is 1.99. The second kappa shape index (κ2) is 7.58. The Morgan fingerprint density at radius 2 is 2.30 bits per heavy atom. The van der Waals surface area contributed by atoms with E-state index >= 15 is 0 Å². The van der Waals surface area contributed by atoms with Crippen LogP contribution in [0.2, 0.25) is 5.15 Å². The number of ether oxygens (including phenoxy) is 2. The first-order valence-corrected chi connectivity index (χ1v) is 6.97. The van der Waals surface area contributed by atoms with Crippen molar-refractivity contribution >= 4 is 23.1 Å². The van der Waals surface area contributed by atoms with Gasteiger partial charge in [0.15, 0.2) is 16.8 Å². The van der Waals surface area contributed by atoms with Crippen LogP contribution in [-0.4, -0.2) is 48.0 Å². The van der Waals surface area contributed by atoms with E-state index in [1.165, 1.54) is 0 Å². The first-order valence-electron chi connectivity index (χ1n) is 6.59. The molecular formula is C12H19ClN4O3. The molecule has 1 aromatic heterocycles. The minimum atomic E-state index is -0.112. The van der Waals surface area contributed by atoms with Gasteiger partial charge in [-0.3, -0.25) is 0 Å². The lowest BCUT2D eigenvalue weighted by Crippen LogP contribution is -2.15. The summed E-state index contributed by atoms with van der Waals surface area (Å²) in [6.07, 6.45) is 1.77. The number of anilines is 2. The summed E-state index contributed by atoms with van der Waals surface area (Å²) in [4.78, 5) is 8.54. The number of hydrogen-bond donors (Lipinski definition) is 3. The van der Waals surface area contributed by atoms with Gasteiger partial charge in [0.05, 0.1) is 19.8 Å². The summed E-state index contributed by atoms with van der Waals surface area (Å²) < 4.78 is 10.7. The van der Waals surface area contributed by atoms with Crippen molar-refractivity contribution in [2.75, 3.05) is 44.0 Å². The molecule has 1 saturated heterocycles. The second-order valence-corrected chi connectivity index (χ2v) is 4.76. The van der Waals surface area contributed by atoms with Gasteiger partial charge in [0, 0.05) is 13.2 Å². The van der Waals surface area contributed by atoms with Crippen LogP contribution in [0.1, 0.15) is 24.8 Å². The molecule has 1 fully saturated rings. The first kappa shape index (κ1) is 15.2. The summed E-state index contributed by atoms with van der Waals surface area (Å²) in [7, 11) is 0. The molecule has 1 atom stereocenters. The van der Waals surface area contributed by atoms with Crippen molar-refractivity contribution in [3.05, 3.63) is 11.0 Å². The smallest absolute Gasteiger partial charge is 0.161 e. The number of aliphatic hydroxyl groups excluding tert-OH is 1. The molecule has 0 aliphatic carbocycles. The van der Waals surface area contributed by atoms with Crippen LogP contribution in [0, 0.1) is 0 Å². The number of nitrogens with two attached hydrogens (primary N) is 1. The molecule has 2 rings (SSSR count). The van der Waals surface area contributed by atoms with Gasteiger partial charge >= 0.3 is 0 Å². The zero-order valence-electron chi connectivity index (χ0n) is 11.1. The quantitative estimate of drug-likeness (QED) is 0.509. The highest BCUT2D eigenvalue weighted by Crippen LogP contribution is 2.31. The number of halogens is 1. The fraction of sp³-hybridized carbons (Fsp3) is 0.667. The van der Waals surface area contributed by atoms with Gasteiger partial charge in [0.1, 0.15) is 11.8 Å². The van der Waals surface area contributed by atoms with Crippen LogP contribution < -0.4 is 11.1 Å². The summed E-state index contributed by atoms with van der Waals surface area (Å²) in [6.45, 7) is 1.99. The molecule has 4 N–H and O–H groups in total. The predicted molar refractivity (Wildman–Crippen MR) is 75.8 cm³/mol. The van der Waals surface area contributed by atoms with Crippen molar-refractivity contribution in [2.24, 2.45) is 0 Å². The molecule has 1 aliphatic rings. The number of nitrogen functional groups attached to an aromatic ring is 1. The Labute approximate surface area is 122 Å². The Kier molecular flexibility index (Phi) is 5.78. The van der Waals surface area contributed by atoms with Gasteiger partial charge in [-0.2, -0.15) is 0 Å². The zero-order valence-corrected chi connectivity index (χ0v) is 11.9. The third kappa shape index (κ3) is 3.92. The highest BCUT2D eigenvalue weighted by molar-refractivity contribution is 6.32. The maximum Gasteiger partial charge on any atom is 0.161 e. The van der Waals surface area contributed by atoms with E-state index in [0.29, 0.717) is 43.7 Å². The van der Waals surface area contributed by atoms with Gasteiger partial charge in [-0.15, -0.1) is 0 Å². The highest BCUT2D eigenvalue weighted by atomic mass is 35.5. The number of aliphatic hydroxyl groups is 1. The van der Waals surface area contributed by atoms with E-state index in [0.717, 1.165) is 12.8 Å². The molecule has 1 aromatic rings. The first-order chi connectivity index (χ1) is 9.72. The van der Waals surface area contributed by atoms with Crippen LogP contribution >= 0.6 is 11.6 Å². The summed E-state index contributed by atoms with van der Waals surface area (Å²) >= 11 is 6.02. The average Bonchev–Trinajstić information content (AvgIpc) is 2.97. The third-order valence-electron chi connectivity index (χ3n) is 2.91. The molecule has 0 aromatic carbocycles. The van der Waals surface area contributed by atoms with Crippen LogP contribution in [-0.2, 0) is 9.47 Å². The molecule has 8 heteroatoms. The Morgan fingerprint density at radius 1 is 1.45 bits per heavy atom. The van der Waals surface area contributed by atoms with E-state index in [1.807, 2.05) is 0 Å². The van der Waals surface area contributed by atoms with Crippen LogP contribution in [0.25, 0.3) is 0 Å². The second-order valence-electron chi connectivity index (χ2n) is 4.40. The summed E-state index contributed by atoms with van der Waals surface area (Å²) in [5, 5.41) is 11.9. The molecule has 112 valence electrons. The van der Waals surface area contributed by atoms with E-state index in [2.05, 4.69) is 15.3 Å². The summed E-state index contributed by atoms with van der Waals surface area (Å²) in [5.74, 6) is 1.04. The van der Waals surface area contributed by atoms with Crippen LogP contribution in [0.3, 0.4) is 0 Å². The van der Waals surface area contributed by atoms with Crippen molar-refractivity contribution in [3.63, 3.8) is 0 Å². The van der Waals surface area contributed by atoms with Gasteiger partial charge in [-0.25, -0.2) is 9.97 Å². The Bertz CT molecular complexity index is 441. The third-order valence-corrected chi connectivity index (χ3v) is 3.20. The highest BCUT2D eigenvalue weighted by Gasteiger charge is 2.22. The maximum absolute atomic E-state index is 8.60. The monoisotopic (exact) mass is 302 g/mol. The van der Waals surface area contributed by atoms with Gasteiger partial charge in [-0.1, -0.05) is 11.6 Å². The molecule has 1 unspecified atom stereocenters. The topological polar surface area (TPSA) is 103 Å². The van der Waals surface area contributed by atoms with Gasteiger partial charge in [-0.05, 0) is 12.8 Å². The standard InChI is InChI=1S/C12H19ClN4O3/c13-10-9(14)12(15-3-6-19-7-4-18)17-11(16-10)8-2-1-5-20-8/h8,18H,1-7,14H2,(H,15,16,17). The predicted octanol–water partition coefficient (Wildman–Crippen LogP) is 0.984. The van der Waals surface area contributed by atoms with Gasteiger partial charge in [0.25, 0.3) is 0 Å². The number of nitrogens with one attached hydrogen (secondary N) is 1. The minimum Gasteiger partial charge on any atom is -0.394 e. The molecule has 0 saturated carbocycles. The van der Waals surface area contributed by atoms with E-state index < -0.39 is 0 Å². The molecule has 7 nitrogen and oxygen atoms in total. The van der Waals surface area contributed by atoms with E-state index in [-0.39, 0.29) is 17.9 Å². The molecule has 1 aliphatic heterocycles. The fourth-order valence-corrected chi connectivity index (χ4v) is 2.10. The van der Waals surface area contributed by atoms with Gasteiger partial charge in [0.2, 0.25) is 0 Å². The summed E-state index contributed by atoms with van der Waals surface area (Å²) in [6, 6.07) is 0. The zero-order chi connectivity index (χ0) is 14.4. The number of hydrogen-bond acceptors (Lipinski definition) is 7. The Hall–Kier alpha value is -1.15. The lowest BCUT2D eigenvalue weighted by molar-refractivity contribution is 0.0990. The van der Waals surface area contributed by atoms with E-state index in [4.69, 9.17) is 31.9 Å². The molecular weight excluding hydrogens is 284 g/mol. The van der Waals surface area contributed by atoms with Crippen LogP contribution in [0.5, 0.6) is 0 Å². The SMILES string of the molecule is Nc1c(Cl)nc(C2CCCO2)nc1NCCOCCO. The molecule has 0 radical (unpaired) electrons. The van der Waals surface area contributed by atoms with Gasteiger partial charge < -0.3 is 25.6 Å². The van der Waals surface area contributed by atoms with Crippen molar-refractivity contribution < 1.29 is 14.6 Å². The van der Waals surface area contributed by atoms with Crippen molar-refractivity contribution in [1.82, 2.24) is 9.97 Å². The number of nitrogens with zero attached hydrogens (tertiary/aromatic N) is 2. The largest absolute Gasteiger partial charge is 0.394 e. The molecule has 0 bridgehead atoms. The van der Waals surface area contributed by atoms with Crippen LogP contribution in [0.4, 0.5) is 11.5 Å². The molecule has 2 heterocycles. The molecule has 0 spiro atoms. The normalized spacial score (nSPS) is 18.4.